The molecule has 1 saturated heterocycles. The van der Waals surface area contributed by atoms with E-state index in [2.05, 4.69) is 4.90 Å². The highest BCUT2D eigenvalue weighted by molar-refractivity contribution is 6.01. The highest BCUT2D eigenvalue weighted by Gasteiger charge is 2.14. The second kappa shape index (κ2) is 5.71. The summed E-state index contributed by atoms with van der Waals surface area (Å²) in [6.45, 7) is 4.16. The molecule has 1 aromatic carbocycles. The van der Waals surface area contributed by atoms with Crippen LogP contribution in [0, 0.1) is 0 Å². The van der Waals surface area contributed by atoms with Gasteiger partial charge in [-0.3, -0.25) is 4.79 Å². The summed E-state index contributed by atoms with van der Waals surface area (Å²) in [5.74, 6) is 0.0330. The maximum atomic E-state index is 12.1. The number of likely N-dealkylation sites (tertiary alicyclic amines) is 1. The van der Waals surface area contributed by atoms with Crippen molar-refractivity contribution in [1.82, 2.24) is 4.90 Å². The van der Waals surface area contributed by atoms with E-state index in [-0.39, 0.29) is 5.91 Å². The van der Waals surface area contributed by atoms with Crippen LogP contribution < -0.4 is 4.90 Å². The fourth-order valence-corrected chi connectivity index (χ4v) is 2.22. The molecule has 2 rings (SSSR count). The Kier molecular flexibility index (Phi) is 4.03. The number of benzene rings is 1. The van der Waals surface area contributed by atoms with E-state index in [4.69, 9.17) is 0 Å². The molecular formula is C15H20N2O. The summed E-state index contributed by atoms with van der Waals surface area (Å²) in [4.78, 5) is 16.1. The van der Waals surface area contributed by atoms with Crippen LogP contribution in [-0.2, 0) is 4.79 Å². The van der Waals surface area contributed by atoms with Gasteiger partial charge in [-0.05, 0) is 31.9 Å². The Bertz CT molecular complexity index is 433. The summed E-state index contributed by atoms with van der Waals surface area (Å²) in [7, 11) is 1.81. The van der Waals surface area contributed by atoms with Crippen LogP contribution in [0.4, 0.5) is 5.69 Å². The maximum Gasteiger partial charge on any atom is 0.252 e. The number of anilines is 1. The van der Waals surface area contributed by atoms with Crippen LogP contribution in [0.25, 0.3) is 0 Å². The van der Waals surface area contributed by atoms with Gasteiger partial charge in [0.1, 0.15) is 0 Å². The maximum absolute atomic E-state index is 12.1. The molecule has 1 fully saturated rings. The molecule has 3 heteroatoms. The average molecular weight is 244 g/mol. The molecule has 18 heavy (non-hydrogen) atoms. The average Bonchev–Trinajstić information content (AvgIpc) is 2.92. The predicted molar refractivity (Wildman–Crippen MR) is 74.4 cm³/mol. The Morgan fingerprint density at radius 2 is 1.83 bits per heavy atom. The van der Waals surface area contributed by atoms with E-state index in [1.54, 1.807) is 11.0 Å². The lowest BCUT2D eigenvalue weighted by Gasteiger charge is -2.20. The molecule has 96 valence electrons. The smallest absolute Gasteiger partial charge is 0.252 e. The standard InChI is InChI=1S/C15H20N2O/c1-13(17-10-6-7-11-17)12-15(18)16(2)14-8-4-3-5-9-14/h3-5,8-9,12H,6-7,10-11H2,1-2H3/b13-12+. The van der Waals surface area contributed by atoms with Gasteiger partial charge in [-0.2, -0.15) is 0 Å². The number of amides is 1. The number of nitrogens with zero attached hydrogens (tertiary/aromatic N) is 2. The zero-order valence-electron chi connectivity index (χ0n) is 11.1. The SMILES string of the molecule is C/C(=C\C(=O)N(C)c1ccccc1)N1CCCC1. The van der Waals surface area contributed by atoms with Gasteiger partial charge in [0, 0.05) is 37.6 Å². The molecule has 0 unspecified atom stereocenters. The number of hydrogen-bond acceptors (Lipinski definition) is 2. The quantitative estimate of drug-likeness (QED) is 0.763. The van der Waals surface area contributed by atoms with Gasteiger partial charge in [-0.1, -0.05) is 18.2 Å². The van der Waals surface area contributed by atoms with Crippen LogP contribution in [0.5, 0.6) is 0 Å². The Morgan fingerprint density at radius 3 is 2.44 bits per heavy atom. The Morgan fingerprint density at radius 1 is 1.22 bits per heavy atom. The van der Waals surface area contributed by atoms with E-state index < -0.39 is 0 Å². The Balaban J connectivity index is 2.05. The third-order valence-corrected chi connectivity index (χ3v) is 3.41. The first kappa shape index (κ1) is 12.7. The van der Waals surface area contributed by atoms with Crippen LogP contribution >= 0.6 is 0 Å². The molecule has 0 saturated carbocycles. The van der Waals surface area contributed by atoms with Crippen molar-refractivity contribution in [2.24, 2.45) is 0 Å². The van der Waals surface area contributed by atoms with E-state index in [1.807, 2.05) is 44.3 Å². The topological polar surface area (TPSA) is 23.6 Å². The first-order valence-electron chi connectivity index (χ1n) is 6.44. The Hall–Kier alpha value is -1.77. The van der Waals surface area contributed by atoms with Crippen LogP contribution in [0.3, 0.4) is 0 Å². The van der Waals surface area contributed by atoms with Crippen molar-refractivity contribution in [2.75, 3.05) is 25.0 Å². The van der Waals surface area contributed by atoms with Gasteiger partial charge in [-0.15, -0.1) is 0 Å². The fraction of sp³-hybridized carbons (Fsp3) is 0.400. The summed E-state index contributed by atoms with van der Waals surface area (Å²) in [6, 6.07) is 9.72. The van der Waals surface area contributed by atoms with E-state index >= 15 is 0 Å². The molecule has 0 atom stereocenters. The van der Waals surface area contributed by atoms with Gasteiger partial charge in [-0.25, -0.2) is 0 Å². The third-order valence-electron chi connectivity index (χ3n) is 3.41. The van der Waals surface area contributed by atoms with Gasteiger partial charge in [0.15, 0.2) is 0 Å². The number of allylic oxidation sites excluding steroid dienone is 1. The molecule has 0 bridgehead atoms. The minimum atomic E-state index is 0.0330. The monoisotopic (exact) mass is 244 g/mol. The number of carbonyl (C=O) groups excluding carboxylic acids is 1. The Labute approximate surface area is 109 Å². The molecule has 1 aliphatic heterocycles. The second-order valence-corrected chi connectivity index (χ2v) is 4.71. The van der Waals surface area contributed by atoms with Crippen LogP contribution in [0.2, 0.25) is 0 Å². The highest BCUT2D eigenvalue weighted by Crippen LogP contribution is 2.16. The fourth-order valence-electron chi connectivity index (χ4n) is 2.22. The van der Waals surface area contributed by atoms with Crippen LogP contribution in [0.1, 0.15) is 19.8 Å². The lowest BCUT2D eigenvalue weighted by Crippen LogP contribution is -2.26. The predicted octanol–water partition coefficient (Wildman–Crippen LogP) is 2.65. The first-order chi connectivity index (χ1) is 8.68. The molecule has 3 nitrogen and oxygen atoms in total. The van der Waals surface area contributed by atoms with E-state index in [0.29, 0.717) is 0 Å². The highest BCUT2D eigenvalue weighted by atomic mass is 16.2. The zero-order valence-corrected chi connectivity index (χ0v) is 11.1. The van der Waals surface area contributed by atoms with Crippen molar-refractivity contribution >= 4 is 11.6 Å². The van der Waals surface area contributed by atoms with Gasteiger partial charge < -0.3 is 9.80 Å². The number of para-hydroxylation sites is 1. The molecule has 0 radical (unpaired) electrons. The number of hydrogen-bond donors (Lipinski definition) is 0. The van der Waals surface area contributed by atoms with Crippen molar-refractivity contribution in [3.05, 3.63) is 42.1 Å². The van der Waals surface area contributed by atoms with Crippen molar-refractivity contribution in [3.8, 4) is 0 Å². The lowest BCUT2D eigenvalue weighted by atomic mass is 10.3. The molecule has 0 N–H and O–H groups in total. The van der Waals surface area contributed by atoms with Crippen molar-refractivity contribution in [2.45, 2.75) is 19.8 Å². The van der Waals surface area contributed by atoms with Crippen molar-refractivity contribution in [3.63, 3.8) is 0 Å². The van der Waals surface area contributed by atoms with Gasteiger partial charge >= 0.3 is 0 Å². The zero-order chi connectivity index (χ0) is 13.0. The lowest BCUT2D eigenvalue weighted by molar-refractivity contribution is -0.114. The summed E-state index contributed by atoms with van der Waals surface area (Å²) in [5, 5.41) is 0. The number of rotatable bonds is 3. The van der Waals surface area contributed by atoms with Gasteiger partial charge in [0.05, 0.1) is 0 Å². The normalized spacial score (nSPS) is 15.9. The molecule has 0 aliphatic carbocycles. The third kappa shape index (κ3) is 2.92. The minimum absolute atomic E-state index is 0.0330. The molecule has 1 aliphatic rings. The van der Waals surface area contributed by atoms with Crippen molar-refractivity contribution < 1.29 is 4.79 Å². The van der Waals surface area contributed by atoms with E-state index in [9.17, 15) is 4.79 Å². The molecule has 0 spiro atoms. The van der Waals surface area contributed by atoms with Crippen LogP contribution in [-0.4, -0.2) is 30.9 Å². The minimum Gasteiger partial charge on any atom is -0.375 e. The van der Waals surface area contributed by atoms with Crippen LogP contribution in [0.15, 0.2) is 42.1 Å². The largest absolute Gasteiger partial charge is 0.375 e. The molecule has 1 aromatic rings. The van der Waals surface area contributed by atoms with E-state index in [1.165, 1.54) is 12.8 Å². The van der Waals surface area contributed by atoms with E-state index in [0.717, 1.165) is 24.5 Å². The molecule has 1 amide bonds. The van der Waals surface area contributed by atoms with Gasteiger partial charge in [0.2, 0.25) is 0 Å². The molecule has 0 aromatic heterocycles. The first-order valence-corrected chi connectivity index (χ1v) is 6.44. The second-order valence-electron chi connectivity index (χ2n) is 4.71. The molecular weight excluding hydrogens is 224 g/mol. The van der Waals surface area contributed by atoms with Gasteiger partial charge in [0.25, 0.3) is 5.91 Å². The summed E-state index contributed by atoms with van der Waals surface area (Å²) >= 11 is 0. The summed E-state index contributed by atoms with van der Waals surface area (Å²) in [5.41, 5.74) is 1.99. The number of carbonyl (C=O) groups is 1. The van der Waals surface area contributed by atoms with Crippen molar-refractivity contribution in [1.29, 1.82) is 0 Å². The summed E-state index contributed by atoms with van der Waals surface area (Å²) in [6.07, 6.45) is 4.19. The number of likely N-dealkylation sites (N-methyl/N-ethyl adjacent to an activating group) is 1. The molecule has 1 heterocycles. The summed E-state index contributed by atoms with van der Waals surface area (Å²) < 4.78 is 0.